The summed E-state index contributed by atoms with van der Waals surface area (Å²) in [5.41, 5.74) is 0. The Bertz CT molecular complexity index is 327. The molecule has 2 rings (SSSR count). The molecule has 1 aromatic heterocycles. The van der Waals surface area contributed by atoms with Crippen LogP contribution in [0.4, 0.5) is 5.82 Å². The highest BCUT2D eigenvalue weighted by Crippen LogP contribution is 2.11. The van der Waals surface area contributed by atoms with Gasteiger partial charge in [-0.05, 0) is 22.6 Å². The van der Waals surface area contributed by atoms with Crippen molar-refractivity contribution in [2.24, 2.45) is 0 Å². The molecule has 16 heavy (non-hydrogen) atoms. The molecule has 1 fully saturated rings. The van der Waals surface area contributed by atoms with Crippen LogP contribution in [0, 0.1) is 3.57 Å². The van der Waals surface area contributed by atoms with Crippen LogP contribution in [-0.4, -0.2) is 54.1 Å². The molecular formula is C10H16IN5. The fraction of sp³-hybridized carbons (Fsp3) is 0.600. The topological polar surface area (TPSA) is 53.1 Å². The smallest absolute Gasteiger partial charge is 0.142 e. The van der Waals surface area contributed by atoms with Gasteiger partial charge in [0.05, 0.1) is 3.57 Å². The van der Waals surface area contributed by atoms with E-state index in [1.165, 1.54) is 0 Å². The summed E-state index contributed by atoms with van der Waals surface area (Å²) in [7, 11) is 0. The second-order valence-electron chi connectivity index (χ2n) is 3.74. The minimum absolute atomic E-state index is 0.936. The summed E-state index contributed by atoms with van der Waals surface area (Å²) in [6, 6.07) is 0. The van der Waals surface area contributed by atoms with E-state index in [1.807, 2.05) is 6.20 Å². The van der Waals surface area contributed by atoms with E-state index in [0.29, 0.717) is 0 Å². The first-order valence-corrected chi connectivity index (χ1v) is 6.56. The van der Waals surface area contributed by atoms with Gasteiger partial charge in [0.15, 0.2) is 0 Å². The number of aromatic nitrogens is 2. The van der Waals surface area contributed by atoms with Gasteiger partial charge >= 0.3 is 0 Å². The summed E-state index contributed by atoms with van der Waals surface area (Å²) in [6.45, 7) is 6.50. The molecule has 0 aromatic carbocycles. The van der Waals surface area contributed by atoms with Gasteiger partial charge in [0.2, 0.25) is 0 Å². The van der Waals surface area contributed by atoms with E-state index in [-0.39, 0.29) is 0 Å². The van der Waals surface area contributed by atoms with Crippen LogP contribution >= 0.6 is 22.6 Å². The number of anilines is 1. The van der Waals surface area contributed by atoms with E-state index in [1.54, 1.807) is 6.33 Å². The van der Waals surface area contributed by atoms with Crippen LogP contribution in [0.5, 0.6) is 0 Å². The first kappa shape index (κ1) is 12.0. The lowest BCUT2D eigenvalue weighted by Gasteiger charge is -2.27. The van der Waals surface area contributed by atoms with Gasteiger partial charge in [-0.1, -0.05) is 0 Å². The van der Waals surface area contributed by atoms with E-state index in [4.69, 9.17) is 0 Å². The molecule has 0 spiro atoms. The van der Waals surface area contributed by atoms with Crippen molar-refractivity contribution < 1.29 is 0 Å². The van der Waals surface area contributed by atoms with Gasteiger partial charge in [0.25, 0.3) is 0 Å². The molecule has 2 N–H and O–H groups in total. The molecule has 0 atom stereocenters. The fourth-order valence-corrected chi connectivity index (χ4v) is 2.20. The lowest BCUT2D eigenvalue weighted by Crippen LogP contribution is -2.45. The average Bonchev–Trinajstić information content (AvgIpc) is 2.33. The molecular weight excluding hydrogens is 317 g/mol. The third kappa shape index (κ3) is 3.53. The molecule has 0 aliphatic carbocycles. The Hall–Kier alpha value is -0.470. The monoisotopic (exact) mass is 333 g/mol. The Morgan fingerprint density at radius 3 is 3.00 bits per heavy atom. The van der Waals surface area contributed by atoms with Crippen LogP contribution in [0.2, 0.25) is 0 Å². The SMILES string of the molecule is Ic1cncnc1NCCN1CCNCC1. The van der Waals surface area contributed by atoms with E-state index in [2.05, 4.69) is 48.1 Å². The van der Waals surface area contributed by atoms with Gasteiger partial charge in [0, 0.05) is 45.5 Å². The molecule has 0 radical (unpaired) electrons. The van der Waals surface area contributed by atoms with Crippen LogP contribution < -0.4 is 10.6 Å². The maximum atomic E-state index is 4.20. The quantitative estimate of drug-likeness (QED) is 0.782. The van der Waals surface area contributed by atoms with Crippen molar-refractivity contribution in [2.75, 3.05) is 44.6 Å². The average molecular weight is 333 g/mol. The van der Waals surface area contributed by atoms with Crippen LogP contribution in [0.3, 0.4) is 0 Å². The predicted molar refractivity (Wildman–Crippen MR) is 72.5 cm³/mol. The van der Waals surface area contributed by atoms with Crippen LogP contribution in [-0.2, 0) is 0 Å². The van der Waals surface area contributed by atoms with Crippen molar-refractivity contribution in [3.05, 3.63) is 16.1 Å². The summed E-state index contributed by atoms with van der Waals surface area (Å²) >= 11 is 2.24. The van der Waals surface area contributed by atoms with Crippen LogP contribution in [0.15, 0.2) is 12.5 Å². The number of nitrogens with one attached hydrogen (secondary N) is 2. The Morgan fingerprint density at radius 2 is 2.25 bits per heavy atom. The first-order valence-electron chi connectivity index (χ1n) is 5.49. The molecule has 0 bridgehead atoms. The number of hydrogen-bond acceptors (Lipinski definition) is 5. The number of hydrogen-bond donors (Lipinski definition) is 2. The number of nitrogens with zero attached hydrogens (tertiary/aromatic N) is 3. The molecule has 2 heterocycles. The maximum absolute atomic E-state index is 4.20. The summed E-state index contributed by atoms with van der Waals surface area (Å²) in [5, 5.41) is 6.69. The van der Waals surface area contributed by atoms with E-state index in [0.717, 1.165) is 48.7 Å². The largest absolute Gasteiger partial charge is 0.368 e. The van der Waals surface area contributed by atoms with Crippen molar-refractivity contribution in [2.45, 2.75) is 0 Å². The van der Waals surface area contributed by atoms with Crippen molar-refractivity contribution >= 4 is 28.4 Å². The fourth-order valence-electron chi connectivity index (χ4n) is 1.71. The molecule has 5 nitrogen and oxygen atoms in total. The molecule has 0 amide bonds. The molecule has 88 valence electrons. The zero-order valence-electron chi connectivity index (χ0n) is 9.12. The zero-order valence-corrected chi connectivity index (χ0v) is 11.3. The Labute approximate surface area is 109 Å². The summed E-state index contributed by atoms with van der Waals surface area (Å²) in [6.07, 6.45) is 3.40. The zero-order chi connectivity index (χ0) is 11.2. The summed E-state index contributed by atoms with van der Waals surface area (Å²) in [5.74, 6) is 0.936. The second kappa shape index (κ2) is 6.31. The summed E-state index contributed by atoms with van der Waals surface area (Å²) < 4.78 is 1.07. The van der Waals surface area contributed by atoms with Gasteiger partial charge in [-0.15, -0.1) is 0 Å². The lowest BCUT2D eigenvalue weighted by molar-refractivity contribution is 0.249. The van der Waals surface area contributed by atoms with E-state index in [9.17, 15) is 0 Å². The summed E-state index contributed by atoms with van der Waals surface area (Å²) in [4.78, 5) is 10.6. The highest BCUT2D eigenvalue weighted by Gasteiger charge is 2.08. The van der Waals surface area contributed by atoms with Crippen LogP contribution in [0.25, 0.3) is 0 Å². The Kier molecular flexibility index (Phi) is 4.73. The van der Waals surface area contributed by atoms with Crippen molar-refractivity contribution in [1.29, 1.82) is 0 Å². The van der Waals surface area contributed by atoms with Crippen LogP contribution in [0.1, 0.15) is 0 Å². The number of halogens is 1. The van der Waals surface area contributed by atoms with Crippen molar-refractivity contribution in [3.63, 3.8) is 0 Å². The maximum Gasteiger partial charge on any atom is 0.142 e. The number of piperazine rings is 1. The van der Waals surface area contributed by atoms with E-state index < -0.39 is 0 Å². The van der Waals surface area contributed by atoms with Crippen molar-refractivity contribution in [3.8, 4) is 0 Å². The van der Waals surface area contributed by atoms with Gasteiger partial charge < -0.3 is 10.6 Å². The third-order valence-corrected chi connectivity index (χ3v) is 3.39. The minimum Gasteiger partial charge on any atom is -0.368 e. The molecule has 0 saturated carbocycles. The lowest BCUT2D eigenvalue weighted by atomic mass is 10.3. The predicted octanol–water partition coefficient (Wildman–Crippen LogP) is 0.398. The number of rotatable bonds is 4. The molecule has 6 heteroatoms. The van der Waals surface area contributed by atoms with Gasteiger partial charge in [-0.2, -0.15) is 0 Å². The first-order chi connectivity index (χ1) is 7.86. The normalized spacial score (nSPS) is 17.3. The highest BCUT2D eigenvalue weighted by atomic mass is 127. The second-order valence-corrected chi connectivity index (χ2v) is 4.90. The van der Waals surface area contributed by atoms with E-state index >= 15 is 0 Å². The molecule has 1 aliphatic heterocycles. The molecule has 1 aromatic rings. The van der Waals surface area contributed by atoms with Gasteiger partial charge in [0.1, 0.15) is 12.1 Å². The Morgan fingerprint density at radius 1 is 1.44 bits per heavy atom. The minimum atomic E-state index is 0.936. The van der Waals surface area contributed by atoms with Crippen molar-refractivity contribution in [1.82, 2.24) is 20.2 Å². The molecule has 0 unspecified atom stereocenters. The van der Waals surface area contributed by atoms with Gasteiger partial charge in [-0.25, -0.2) is 9.97 Å². The highest BCUT2D eigenvalue weighted by molar-refractivity contribution is 14.1. The Balaban J connectivity index is 1.73. The third-order valence-electron chi connectivity index (χ3n) is 2.60. The molecule has 1 aliphatic rings. The molecule has 1 saturated heterocycles. The standard InChI is InChI=1S/C10H16IN5/c11-9-7-13-8-15-10(9)14-3-6-16-4-1-12-2-5-16/h7-8,12H,1-6H2,(H,13,14,15). The van der Waals surface area contributed by atoms with Gasteiger partial charge in [-0.3, -0.25) is 4.90 Å².